The summed E-state index contributed by atoms with van der Waals surface area (Å²) in [6.45, 7) is 4.88. The molecule has 7 heteroatoms. The lowest BCUT2D eigenvalue weighted by Crippen LogP contribution is -2.31. The fraction of sp³-hybridized carbons (Fsp3) is 0.381. The molecule has 6 nitrogen and oxygen atoms in total. The zero-order chi connectivity index (χ0) is 19.7. The maximum absolute atomic E-state index is 12.8. The number of rotatable bonds is 5. The average molecular weight is 442 g/mol. The Kier molecular flexibility index (Phi) is 5.35. The molecule has 0 bridgehead atoms. The summed E-state index contributed by atoms with van der Waals surface area (Å²) in [5.74, 6) is 0.101. The molecule has 1 amide bonds. The number of H-pyrrole nitrogens is 1. The first kappa shape index (κ1) is 18.9. The summed E-state index contributed by atoms with van der Waals surface area (Å²) in [5, 5.41) is 14.9. The van der Waals surface area contributed by atoms with Gasteiger partial charge in [0.2, 0.25) is 0 Å². The van der Waals surface area contributed by atoms with Gasteiger partial charge in [0.15, 0.2) is 5.69 Å². The number of fused-ring (bicyclic) bond motifs is 1. The summed E-state index contributed by atoms with van der Waals surface area (Å²) in [7, 11) is 0. The Labute approximate surface area is 172 Å². The summed E-state index contributed by atoms with van der Waals surface area (Å²) in [6, 6.07) is 10.3. The van der Waals surface area contributed by atoms with Gasteiger partial charge in [-0.3, -0.25) is 14.6 Å². The van der Waals surface area contributed by atoms with Crippen molar-refractivity contribution >= 4 is 21.8 Å². The minimum atomic E-state index is -0.163. The molecule has 0 aliphatic heterocycles. The average Bonchev–Trinajstić information content (AvgIpc) is 3.27. The van der Waals surface area contributed by atoms with Crippen molar-refractivity contribution in [3.63, 3.8) is 0 Å². The van der Waals surface area contributed by atoms with Gasteiger partial charge in [-0.15, -0.1) is 0 Å². The normalized spacial score (nSPS) is 16.2. The first-order valence-corrected chi connectivity index (χ1v) is 10.5. The van der Waals surface area contributed by atoms with Gasteiger partial charge >= 0.3 is 0 Å². The van der Waals surface area contributed by atoms with Gasteiger partial charge in [-0.2, -0.15) is 10.2 Å². The van der Waals surface area contributed by atoms with E-state index in [2.05, 4.69) is 67.2 Å². The summed E-state index contributed by atoms with van der Waals surface area (Å²) in [5.41, 5.74) is 4.90. The monoisotopic (exact) mass is 441 g/mol. The number of carbonyl (C=O) groups is 1. The fourth-order valence-corrected chi connectivity index (χ4v) is 4.58. The largest absolute Gasteiger partial charge is 0.344 e. The van der Waals surface area contributed by atoms with Crippen LogP contribution in [0.1, 0.15) is 71.7 Å². The van der Waals surface area contributed by atoms with Crippen LogP contribution in [0.3, 0.4) is 0 Å². The molecule has 1 aromatic carbocycles. The third-order valence-electron chi connectivity index (χ3n) is 5.27. The van der Waals surface area contributed by atoms with Crippen molar-refractivity contribution in [2.75, 3.05) is 0 Å². The summed E-state index contributed by atoms with van der Waals surface area (Å²) in [4.78, 5) is 12.8. The highest BCUT2D eigenvalue weighted by atomic mass is 79.9. The van der Waals surface area contributed by atoms with Crippen LogP contribution in [0.15, 0.2) is 41.0 Å². The Hall–Kier alpha value is -2.41. The zero-order valence-electron chi connectivity index (χ0n) is 16.1. The molecular formula is C21H24BrN5O. The number of nitrogens with one attached hydrogen (secondary N) is 2. The van der Waals surface area contributed by atoms with E-state index in [9.17, 15) is 4.79 Å². The number of aromatic nitrogens is 4. The van der Waals surface area contributed by atoms with Crippen LogP contribution < -0.4 is 5.32 Å². The minimum Gasteiger partial charge on any atom is -0.344 e. The lowest BCUT2D eigenvalue weighted by Gasteiger charge is -2.24. The Morgan fingerprint density at radius 3 is 2.86 bits per heavy atom. The van der Waals surface area contributed by atoms with E-state index in [-0.39, 0.29) is 17.9 Å². The van der Waals surface area contributed by atoms with Crippen LogP contribution in [0, 0.1) is 0 Å². The third kappa shape index (κ3) is 3.63. The second-order valence-electron chi connectivity index (χ2n) is 7.56. The van der Waals surface area contributed by atoms with Crippen LogP contribution in [-0.2, 0) is 13.0 Å². The molecular weight excluding hydrogens is 418 g/mol. The molecule has 2 aromatic heterocycles. The second-order valence-corrected chi connectivity index (χ2v) is 8.36. The van der Waals surface area contributed by atoms with Gasteiger partial charge in [0, 0.05) is 11.3 Å². The van der Waals surface area contributed by atoms with Gasteiger partial charge in [-0.05, 0) is 46.7 Å². The number of hydrogen-bond donors (Lipinski definition) is 2. The lowest BCUT2D eigenvalue weighted by molar-refractivity contribution is 0.0926. The van der Waals surface area contributed by atoms with Crippen molar-refractivity contribution in [1.82, 2.24) is 25.3 Å². The van der Waals surface area contributed by atoms with Crippen molar-refractivity contribution in [2.24, 2.45) is 0 Å². The highest BCUT2D eigenvalue weighted by molar-refractivity contribution is 9.10. The van der Waals surface area contributed by atoms with E-state index in [1.807, 2.05) is 24.4 Å². The molecule has 3 aromatic rings. The summed E-state index contributed by atoms with van der Waals surface area (Å²) in [6.07, 6.45) is 4.83. The Morgan fingerprint density at radius 2 is 2.14 bits per heavy atom. The predicted molar refractivity (Wildman–Crippen MR) is 111 cm³/mol. The first-order chi connectivity index (χ1) is 13.5. The molecule has 2 N–H and O–H groups in total. The van der Waals surface area contributed by atoms with Crippen LogP contribution in [0.25, 0.3) is 0 Å². The van der Waals surface area contributed by atoms with Gasteiger partial charge in [0.25, 0.3) is 5.91 Å². The Morgan fingerprint density at radius 1 is 1.36 bits per heavy atom. The highest BCUT2D eigenvalue weighted by Crippen LogP contribution is 2.31. The molecule has 1 aliphatic rings. The number of nitrogens with zero attached hydrogens (tertiary/aromatic N) is 3. The number of hydrogen-bond acceptors (Lipinski definition) is 3. The quantitative estimate of drug-likeness (QED) is 0.617. The van der Waals surface area contributed by atoms with E-state index in [0.29, 0.717) is 5.69 Å². The van der Waals surface area contributed by atoms with E-state index in [4.69, 9.17) is 0 Å². The molecule has 0 saturated heterocycles. The number of halogens is 1. The Balaban J connectivity index is 1.53. The lowest BCUT2D eigenvalue weighted by atomic mass is 9.92. The van der Waals surface area contributed by atoms with Gasteiger partial charge in [-0.25, -0.2) is 0 Å². The van der Waals surface area contributed by atoms with Crippen LogP contribution >= 0.6 is 15.9 Å². The van der Waals surface area contributed by atoms with Crippen molar-refractivity contribution in [2.45, 2.75) is 51.6 Å². The molecule has 0 fully saturated rings. The highest BCUT2D eigenvalue weighted by Gasteiger charge is 2.28. The molecule has 28 heavy (non-hydrogen) atoms. The standard InChI is InChI=1S/C21H24BrN5O/c1-13(2)19-18(22)20(26-25-19)21(28)24-16-9-6-10-17-15(16)11-23-27(17)12-14-7-4-3-5-8-14/h3-5,7-8,11,13,16H,6,9-10,12H2,1-2H3,(H,24,28)(H,25,26). The number of benzene rings is 1. The van der Waals surface area contributed by atoms with Crippen LogP contribution in [-0.4, -0.2) is 25.9 Å². The van der Waals surface area contributed by atoms with Crippen molar-refractivity contribution < 1.29 is 4.79 Å². The number of aromatic amines is 1. The number of amides is 1. The Bertz CT molecular complexity index is 976. The molecule has 1 unspecified atom stereocenters. The maximum atomic E-state index is 12.8. The first-order valence-electron chi connectivity index (χ1n) is 9.67. The minimum absolute atomic E-state index is 0.0353. The number of carbonyl (C=O) groups excluding carboxylic acids is 1. The molecule has 0 spiro atoms. The van der Waals surface area contributed by atoms with Crippen LogP contribution in [0.4, 0.5) is 0 Å². The fourth-order valence-electron chi connectivity index (χ4n) is 3.76. The van der Waals surface area contributed by atoms with Crippen molar-refractivity contribution in [3.8, 4) is 0 Å². The predicted octanol–water partition coefficient (Wildman–Crippen LogP) is 4.35. The van der Waals surface area contributed by atoms with Gasteiger partial charge < -0.3 is 5.32 Å². The van der Waals surface area contributed by atoms with E-state index < -0.39 is 0 Å². The molecule has 146 valence electrons. The molecule has 0 saturated carbocycles. The molecule has 2 heterocycles. The second kappa shape index (κ2) is 7.91. The smallest absolute Gasteiger partial charge is 0.273 e. The molecule has 1 aliphatic carbocycles. The molecule has 1 atom stereocenters. The van der Waals surface area contributed by atoms with E-state index in [0.717, 1.165) is 41.5 Å². The summed E-state index contributed by atoms with van der Waals surface area (Å²) >= 11 is 3.52. The van der Waals surface area contributed by atoms with Gasteiger partial charge in [0.05, 0.1) is 29.0 Å². The zero-order valence-corrected chi connectivity index (χ0v) is 17.7. The van der Waals surface area contributed by atoms with E-state index in [1.54, 1.807) is 0 Å². The van der Waals surface area contributed by atoms with Gasteiger partial charge in [-0.1, -0.05) is 44.2 Å². The van der Waals surface area contributed by atoms with E-state index >= 15 is 0 Å². The van der Waals surface area contributed by atoms with Crippen molar-refractivity contribution in [3.05, 3.63) is 69.2 Å². The molecule has 4 rings (SSSR count). The summed E-state index contributed by atoms with van der Waals surface area (Å²) < 4.78 is 2.81. The third-order valence-corrected chi connectivity index (χ3v) is 6.07. The van der Waals surface area contributed by atoms with Crippen LogP contribution in [0.2, 0.25) is 0 Å². The SMILES string of the molecule is CC(C)c1[nH]nc(C(=O)NC2CCCc3c2cnn3Cc2ccccc2)c1Br. The van der Waals surface area contributed by atoms with E-state index in [1.165, 1.54) is 11.3 Å². The van der Waals surface area contributed by atoms with Crippen LogP contribution in [0.5, 0.6) is 0 Å². The van der Waals surface area contributed by atoms with Crippen molar-refractivity contribution in [1.29, 1.82) is 0 Å². The maximum Gasteiger partial charge on any atom is 0.273 e. The van der Waals surface area contributed by atoms with Gasteiger partial charge in [0.1, 0.15) is 0 Å². The topological polar surface area (TPSA) is 75.6 Å². The molecule has 0 radical (unpaired) electrons.